The molecule has 0 amide bonds. The van der Waals surface area contributed by atoms with Crippen molar-refractivity contribution in [3.8, 4) is 0 Å². The first-order valence-corrected chi connectivity index (χ1v) is 6.21. The van der Waals surface area contributed by atoms with Crippen LogP contribution in [0.15, 0.2) is 60.4 Å². The number of rotatable bonds is 3. The van der Waals surface area contributed by atoms with Crippen molar-refractivity contribution >= 4 is 0 Å². The van der Waals surface area contributed by atoms with Gasteiger partial charge in [-0.1, -0.05) is 60.4 Å². The van der Waals surface area contributed by atoms with Gasteiger partial charge in [-0.25, -0.2) is 0 Å². The molecule has 1 aliphatic heterocycles. The summed E-state index contributed by atoms with van der Waals surface area (Å²) in [6.45, 7) is -2.83. The Bertz CT molecular complexity index is 1010. The zero-order valence-corrected chi connectivity index (χ0v) is 10.7. The molecule has 1 fully saturated rings. The third-order valence-corrected chi connectivity index (χ3v) is 3.07. The summed E-state index contributed by atoms with van der Waals surface area (Å²) in [5, 5.41) is 0. The van der Waals surface area contributed by atoms with E-state index in [9.17, 15) is 1.37 Å². The molecular weight excluding hydrogens is 244 g/mol. The first-order valence-electron chi connectivity index (χ1n) is 13.2. The maximum atomic E-state index is 9.44. The van der Waals surface area contributed by atoms with E-state index < -0.39 is 84.5 Å². The van der Waals surface area contributed by atoms with Gasteiger partial charge in [-0.3, -0.25) is 4.90 Å². The van der Waals surface area contributed by atoms with Crippen molar-refractivity contribution in [3.05, 3.63) is 71.6 Å². The number of likely N-dealkylation sites (N-methyl/N-ethyl adjacent to an activating group) is 1. The van der Waals surface area contributed by atoms with Crippen LogP contribution >= 0.6 is 0 Å². The molecule has 0 N–H and O–H groups in total. The van der Waals surface area contributed by atoms with Crippen molar-refractivity contribution < 1.29 is 19.2 Å². The number of piperazine rings is 1. The average molecular weight is 280 g/mol. The fraction of sp³-hybridized carbons (Fsp3) is 0.333. The highest BCUT2D eigenvalue weighted by molar-refractivity contribution is 5.31. The fourth-order valence-corrected chi connectivity index (χ4v) is 2.11. The van der Waals surface area contributed by atoms with E-state index in [1.807, 2.05) is 0 Å². The van der Waals surface area contributed by atoms with Gasteiger partial charge in [0, 0.05) is 30.3 Å². The van der Waals surface area contributed by atoms with Crippen molar-refractivity contribution in [1.29, 1.82) is 0 Å². The van der Waals surface area contributed by atoms with Gasteiger partial charge in [0.15, 0.2) is 0 Å². The molecule has 2 aromatic rings. The van der Waals surface area contributed by atoms with Crippen molar-refractivity contribution in [2.24, 2.45) is 0 Å². The molecule has 3 rings (SSSR count). The smallest absolute Gasteiger partial charge is 0.0626 e. The molecule has 1 heterocycles. The number of benzene rings is 2. The zero-order chi connectivity index (χ0) is 25.9. The summed E-state index contributed by atoms with van der Waals surface area (Å²) < 4.78 is 114. The third-order valence-electron chi connectivity index (χ3n) is 3.07. The molecule has 1 saturated heterocycles. The van der Waals surface area contributed by atoms with Gasteiger partial charge in [0.25, 0.3) is 0 Å². The highest BCUT2D eigenvalue weighted by Crippen LogP contribution is 2.29. The maximum Gasteiger partial charge on any atom is 0.0626 e. The molecule has 2 heteroatoms. The van der Waals surface area contributed by atoms with Gasteiger partial charge in [0.05, 0.1) is 21.1 Å². The van der Waals surface area contributed by atoms with Gasteiger partial charge < -0.3 is 4.90 Å². The molecule has 0 radical (unpaired) electrons. The second kappa shape index (κ2) is 6.21. The Morgan fingerprint density at radius 2 is 1.40 bits per heavy atom. The Morgan fingerprint density at radius 1 is 0.900 bits per heavy atom. The second-order valence-corrected chi connectivity index (χ2v) is 4.32. The van der Waals surface area contributed by atoms with E-state index in [0.29, 0.717) is 0 Å². The van der Waals surface area contributed by atoms with Crippen LogP contribution in [0.3, 0.4) is 0 Å². The molecule has 0 atom stereocenters. The van der Waals surface area contributed by atoms with E-state index in [2.05, 4.69) is 0 Å². The third kappa shape index (κ3) is 2.92. The molecule has 2 nitrogen and oxygen atoms in total. The largest absolute Gasteiger partial charge is 0.304 e. The van der Waals surface area contributed by atoms with E-state index in [4.69, 9.17) is 17.8 Å². The topological polar surface area (TPSA) is 6.48 Å². The van der Waals surface area contributed by atoms with Crippen molar-refractivity contribution in [1.82, 2.24) is 9.80 Å². The van der Waals surface area contributed by atoms with E-state index >= 15 is 0 Å². The van der Waals surface area contributed by atoms with Crippen LogP contribution in [0.25, 0.3) is 0 Å². The summed E-state index contributed by atoms with van der Waals surface area (Å²) in [5.74, 6) is 0. The van der Waals surface area contributed by atoms with E-state index in [0.717, 1.165) is 0 Å². The lowest BCUT2D eigenvalue weighted by Crippen LogP contribution is -2.46. The molecule has 2 aromatic carbocycles. The number of hydrogen-bond donors (Lipinski definition) is 0. The quantitative estimate of drug-likeness (QED) is 0.853. The highest BCUT2D eigenvalue weighted by atomic mass is 15.3. The van der Waals surface area contributed by atoms with E-state index in [1.54, 1.807) is 0 Å². The van der Waals surface area contributed by atoms with Crippen molar-refractivity contribution in [2.75, 3.05) is 33.2 Å². The molecule has 0 aliphatic carbocycles. The predicted octanol–water partition coefficient (Wildman–Crippen LogP) is 3.02. The summed E-state index contributed by atoms with van der Waals surface area (Å²) in [5.41, 5.74) is -1.14. The maximum absolute atomic E-state index is 9.44. The van der Waals surface area contributed by atoms with Crippen LogP contribution in [-0.4, -0.2) is 43.0 Å². The molecule has 0 saturated carbocycles. The van der Waals surface area contributed by atoms with Crippen LogP contribution in [0.5, 0.6) is 0 Å². The summed E-state index contributed by atoms with van der Waals surface area (Å²) in [6, 6.07) is -9.82. The predicted molar refractivity (Wildman–Crippen MR) is 83.8 cm³/mol. The minimum Gasteiger partial charge on any atom is -0.304 e. The van der Waals surface area contributed by atoms with Crippen LogP contribution in [0.1, 0.15) is 36.3 Å². The van der Waals surface area contributed by atoms with Gasteiger partial charge in [-0.2, -0.15) is 0 Å². The Hall–Kier alpha value is -1.64. The Morgan fingerprint density at radius 3 is 1.85 bits per heavy atom. The highest BCUT2D eigenvalue weighted by Gasteiger charge is 2.24. The summed E-state index contributed by atoms with van der Waals surface area (Å²) in [6.07, 6.45) is 0. The lowest BCUT2D eigenvalue weighted by Gasteiger charge is -2.38. The van der Waals surface area contributed by atoms with Gasteiger partial charge in [0.1, 0.15) is 0 Å². The summed E-state index contributed by atoms with van der Waals surface area (Å²) in [4.78, 5) is 2.46. The van der Waals surface area contributed by atoms with Crippen LogP contribution in [-0.2, 0) is 0 Å². The normalized spacial score (nSPS) is 28.6. The monoisotopic (exact) mass is 280 g/mol. The van der Waals surface area contributed by atoms with E-state index in [1.165, 1.54) is 9.80 Å². The first-order chi connectivity index (χ1) is 15.6. The fourth-order valence-electron chi connectivity index (χ4n) is 2.11. The lowest BCUT2D eigenvalue weighted by atomic mass is 9.96. The van der Waals surface area contributed by atoms with Gasteiger partial charge in [-0.05, 0) is 18.1 Å². The van der Waals surface area contributed by atoms with E-state index in [-0.39, 0.29) is 26.2 Å². The average Bonchev–Trinajstić information content (AvgIpc) is 2.78. The Balaban J connectivity index is 2.38. The SMILES string of the molecule is [2H]c1c([2H])c([2H])c(C([2H])(c2c([2H])c([2H])c([2H])c([2H])c2[2H])N2CCN(C([2H])([2H])[2H])CC2)c([2H])c1[2H]. The Labute approximate surface area is 141 Å². The van der Waals surface area contributed by atoms with Crippen molar-refractivity contribution in [2.45, 2.75) is 6.02 Å². The molecular formula is C18H22N2. The minimum absolute atomic E-state index is 0.0750. The van der Waals surface area contributed by atoms with Gasteiger partial charge in [0.2, 0.25) is 0 Å². The first kappa shape index (κ1) is 4.69. The molecule has 20 heavy (non-hydrogen) atoms. The Kier molecular flexibility index (Phi) is 1.45. The standard InChI is InChI=1S/C18H22N2/c1-19-12-14-20(15-13-19)18(16-8-4-2-5-9-16)17-10-6-3-7-11-17/h2-11,18H,12-15H2,1H3/i1D3,2D,3D,4D,5D,6D,7D,8D,9D,10D,11D,18D. The molecule has 0 spiro atoms. The van der Waals surface area contributed by atoms with Crippen molar-refractivity contribution in [3.63, 3.8) is 0 Å². The van der Waals surface area contributed by atoms with Gasteiger partial charge in [-0.15, -0.1) is 0 Å². The zero-order valence-electron chi connectivity index (χ0n) is 24.7. The van der Waals surface area contributed by atoms with Crippen LogP contribution < -0.4 is 0 Å². The number of nitrogens with zero attached hydrogens (tertiary/aromatic N) is 2. The molecule has 0 aromatic heterocycles. The summed E-state index contributed by atoms with van der Waals surface area (Å²) in [7, 11) is 0. The summed E-state index contributed by atoms with van der Waals surface area (Å²) >= 11 is 0. The van der Waals surface area contributed by atoms with Crippen LogP contribution in [0, 0.1) is 0 Å². The molecule has 104 valence electrons. The second-order valence-electron chi connectivity index (χ2n) is 4.32. The number of hydrogen-bond acceptors (Lipinski definition) is 2. The van der Waals surface area contributed by atoms with Crippen LogP contribution in [0.2, 0.25) is 0 Å². The molecule has 0 unspecified atom stereocenters. The van der Waals surface area contributed by atoms with Crippen LogP contribution in [0.4, 0.5) is 0 Å². The molecule has 1 aliphatic rings. The molecule has 0 bridgehead atoms. The van der Waals surface area contributed by atoms with Gasteiger partial charge >= 0.3 is 0 Å². The lowest BCUT2D eigenvalue weighted by molar-refractivity contribution is 0.127. The minimum atomic E-state index is -2.50.